The van der Waals surface area contributed by atoms with Gasteiger partial charge in [0.05, 0.1) is 11.9 Å². The number of aromatic nitrogens is 2. The van der Waals surface area contributed by atoms with E-state index in [0.717, 1.165) is 28.2 Å². The number of unbranched alkanes of at least 4 members (excludes halogenated alkanes) is 1. The van der Waals surface area contributed by atoms with Crippen LogP contribution in [0, 0.1) is 0 Å². The number of hydrogen-bond donors (Lipinski definition) is 1. The molecule has 1 aromatic heterocycles. The molecule has 0 saturated heterocycles. The van der Waals surface area contributed by atoms with Gasteiger partial charge in [-0.05, 0) is 47.9 Å². The molecule has 0 aliphatic carbocycles. The van der Waals surface area contributed by atoms with E-state index in [0.29, 0.717) is 5.92 Å². The molecular weight excluding hydrogens is 342 g/mol. The van der Waals surface area contributed by atoms with Crippen LogP contribution in [0.4, 0.5) is 0 Å². The predicted molar refractivity (Wildman–Crippen MR) is 121 cm³/mol. The van der Waals surface area contributed by atoms with Crippen molar-refractivity contribution in [3.8, 4) is 22.4 Å². The van der Waals surface area contributed by atoms with Crippen LogP contribution in [0.15, 0.2) is 65.9 Å². The second-order valence-electron chi connectivity index (χ2n) is 7.37. The van der Waals surface area contributed by atoms with Crippen molar-refractivity contribution >= 4 is 12.3 Å². The van der Waals surface area contributed by atoms with Crippen molar-refractivity contribution < 1.29 is 0 Å². The monoisotopic (exact) mass is 371 g/mol. The van der Waals surface area contributed by atoms with Gasteiger partial charge < -0.3 is 4.98 Å². The minimum absolute atomic E-state index is 0.472. The second-order valence-corrected chi connectivity index (χ2v) is 7.37. The van der Waals surface area contributed by atoms with Gasteiger partial charge >= 0.3 is 0 Å². The highest BCUT2D eigenvalue weighted by Gasteiger charge is 2.10. The lowest BCUT2D eigenvalue weighted by molar-refractivity contribution is 0.601. The van der Waals surface area contributed by atoms with Gasteiger partial charge in [-0.2, -0.15) is 0 Å². The maximum Gasteiger partial charge on any atom is 0.109 e. The van der Waals surface area contributed by atoms with Crippen LogP contribution in [0.5, 0.6) is 0 Å². The van der Waals surface area contributed by atoms with Crippen LogP contribution in [-0.4, -0.2) is 16.7 Å². The molecule has 0 bridgehead atoms. The lowest BCUT2D eigenvalue weighted by atomic mass is 10.00. The molecule has 3 rings (SSSR count). The predicted octanol–water partition coefficient (Wildman–Crippen LogP) is 7.10. The maximum atomic E-state index is 4.59. The number of nitrogens with zero attached hydrogens (tertiary/aromatic N) is 2. The van der Waals surface area contributed by atoms with Gasteiger partial charge in [-0.25, -0.2) is 4.98 Å². The Morgan fingerprint density at radius 2 is 1.68 bits per heavy atom. The highest BCUT2D eigenvalue weighted by atomic mass is 14.9. The van der Waals surface area contributed by atoms with E-state index in [1.807, 2.05) is 13.1 Å². The summed E-state index contributed by atoms with van der Waals surface area (Å²) < 4.78 is 0. The summed E-state index contributed by atoms with van der Waals surface area (Å²) in [4.78, 5) is 11.9. The molecule has 0 spiro atoms. The molecule has 1 atom stereocenters. The first-order valence-corrected chi connectivity index (χ1v) is 10.0. The normalized spacial score (nSPS) is 12.8. The highest BCUT2D eigenvalue weighted by molar-refractivity contribution is 5.71. The molecule has 0 radical (unpaired) electrons. The van der Waals surface area contributed by atoms with Crippen LogP contribution in [-0.2, 0) is 0 Å². The second kappa shape index (κ2) is 9.32. The van der Waals surface area contributed by atoms with Crippen molar-refractivity contribution in [3.05, 3.63) is 72.3 Å². The van der Waals surface area contributed by atoms with Gasteiger partial charge in [0.2, 0.25) is 0 Å². The summed E-state index contributed by atoms with van der Waals surface area (Å²) in [6, 6.07) is 17.2. The standard InChI is InChI=1S/C25H29N3/c1-5-6-7-18(2)25-27-17-24(28-25)23-14-12-22(13-15-23)21-10-8-20(9-11-21)19(3)16-26-4/h8-18H,4-7H2,1-3H3,(H,27,28)/b19-16+. The van der Waals surface area contributed by atoms with Crippen molar-refractivity contribution in [2.75, 3.05) is 0 Å². The van der Waals surface area contributed by atoms with Crippen molar-refractivity contribution in [1.82, 2.24) is 9.97 Å². The van der Waals surface area contributed by atoms with E-state index in [9.17, 15) is 0 Å². The van der Waals surface area contributed by atoms with Gasteiger partial charge in [-0.3, -0.25) is 4.99 Å². The average molecular weight is 372 g/mol. The van der Waals surface area contributed by atoms with Gasteiger partial charge in [0.1, 0.15) is 5.82 Å². The molecule has 0 fully saturated rings. The lowest BCUT2D eigenvalue weighted by Crippen LogP contribution is -1.96. The summed E-state index contributed by atoms with van der Waals surface area (Å²) in [5.74, 6) is 1.56. The summed E-state index contributed by atoms with van der Waals surface area (Å²) in [5, 5.41) is 0. The van der Waals surface area contributed by atoms with E-state index >= 15 is 0 Å². The van der Waals surface area contributed by atoms with Crippen molar-refractivity contribution in [1.29, 1.82) is 0 Å². The molecular formula is C25H29N3. The molecule has 0 saturated carbocycles. The summed E-state index contributed by atoms with van der Waals surface area (Å²) >= 11 is 0. The molecule has 28 heavy (non-hydrogen) atoms. The SMILES string of the molecule is C=N/C=C(\C)c1ccc(-c2ccc(-c3cnc(C(C)CCCC)[nH]3)cc2)cc1. The van der Waals surface area contributed by atoms with Crippen LogP contribution in [0.25, 0.3) is 28.0 Å². The van der Waals surface area contributed by atoms with Crippen molar-refractivity contribution in [3.63, 3.8) is 0 Å². The first-order chi connectivity index (χ1) is 13.6. The number of allylic oxidation sites excluding steroid dienone is 1. The van der Waals surface area contributed by atoms with Gasteiger partial charge in [-0.1, -0.05) is 75.2 Å². The Balaban J connectivity index is 1.74. The van der Waals surface area contributed by atoms with Crippen molar-refractivity contribution in [2.45, 2.75) is 46.0 Å². The number of rotatable bonds is 8. The molecule has 3 heteroatoms. The fraction of sp³-hybridized carbons (Fsp3) is 0.280. The van der Waals surface area contributed by atoms with E-state index in [4.69, 9.17) is 0 Å². The average Bonchev–Trinajstić information content (AvgIpc) is 3.23. The summed E-state index contributed by atoms with van der Waals surface area (Å²) in [5.41, 5.74) is 6.92. The van der Waals surface area contributed by atoms with Gasteiger partial charge in [0.15, 0.2) is 0 Å². The molecule has 3 aromatic rings. The van der Waals surface area contributed by atoms with Crippen LogP contribution >= 0.6 is 0 Å². The zero-order valence-corrected chi connectivity index (χ0v) is 17.1. The Labute approximate surface area is 168 Å². The summed E-state index contributed by atoms with van der Waals surface area (Å²) in [7, 11) is 0. The fourth-order valence-corrected chi connectivity index (χ4v) is 3.36. The van der Waals surface area contributed by atoms with Crippen molar-refractivity contribution in [2.24, 2.45) is 4.99 Å². The number of H-pyrrole nitrogens is 1. The fourth-order valence-electron chi connectivity index (χ4n) is 3.36. The molecule has 1 heterocycles. The molecule has 0 aliphatic heterocycles. The molecule has 0 amide bonds. The van der Waals surface area contributed by atoms with Gasteiger partial charge in [0, 0.05) is 12.1 Å². The topological polar surface area (TPSA) is 41.0 Å². The van der Waals surface area contributed by atoms with E-state index in [1.54, 1.807) is 6.20 Å². The lowest BCUT2D eigenvalue weighted by Gasteiger charge is -2.07. The number of imidazole rings is 1. The first-order valence-electron chi connectivity index (χ1n) is 10.0. The maximum absolute atomic E-state index is 4.59. The number of hydrogen-bond acceptors (Lipinski definition) is 2. The minimum Gasteiger partial charge on any atom is -0.342 e. The molecule has 0 aliphatic rings. The van der Waals surface area contributed by atoms with Gasteiger partial charge in [0.25, 0.3) is 0 Å². The third kappa shape index (κ3) is 4.66. The zero-order chi connectivity index (χ0) is 19.9. The molecule has 2 aromatic carbocycles. The Morgan fingerprint density at radius 1 is 1.07 bits per heavy atom. The summed E-state index contributed by atoms with van der Waals surface area (Å²) in [6.07, 6.45) is 7.37. The van der Waals surface area contributed by atoms with Crippen LogP contribution in [0.3, 0.4) is 0 Å². The van der Waals surface area contributed by atoms with E-state index in [-0.39, 0.29) is 0 Å². The Bertz CT molecular complexity index is 931. The third-order valence-corrected chi connectivity index (χ3v) is 5.21. The number of aromatic amines is 1. The third-order valence-electron chi connectivity index (χ3n) is 5.21. The quantitative estimate of drug-likeness (QED) is 0.422. The Kier molecular flexibility index (Phi) is 6.59. The molecule has 1 N–H and O–H groups in total. The minimum atomic E-state index is 0.472. The van der Waals surface area contributed by atoms with Gasteiger partial charge in [-0.15, -0.1) is 0 Å². The number of nitrogens with one attached hydrogen (secondary N) is 1. The van der Waals surface area contributed by atoms with E-state index in [2.05, 4.69) is 84.1 Å². The van der Waals surface area contributed by atoms with E-state index < -0.39 is 0 Å². The number of aliphatic imine (C=N–C) groups is 1. The van der Waals surface area contributed by atoms with Crippen LogP contribution in [0.1, 0.15) is 57.3 Å². The van der Waals surface area contributed by atoms with E-state index in [1.165, 1.54) is 30.4 Å². The first kappa shape index (κ1) is 19.8. The molecule has 1 unspecified atom stereocenters. The number of benzene rings is 2. The Morgan fingerprint density at radius 3 is 2.29 bits per heavy atom. The van der Waals surface area contributed by atoms with Crippen LogP contribution in [0.2, 0.25) is 0 Å². The van der Waals surface area contributed by atoms with Crippen LogP contribution < -0.4 is 0 Å². The zero-order valence-electron chi connectivity index (χ0n) is 17.1. The molecule has 144 valence electrons. The molecule has 3 nitrogen and oxygen atoms in total. The summed E-state index contributed by atoms with van der Waals surface area (Å²) in [6.45, 7) is 10.0. The Hall–Kier alpha value is -2.94. The smallest absolute Gasteiger partial charge is 0.109 e. The highest BCUT2D eigenvalue weighted by Crippen LogP contribution is 2.27. The largest absolute Gasteiger partial charge is 0.342 e.